The van der Waals surface area contributed by atoms with Gasteiger partial charge in [-0.3, -0.25) is 0 Å². The summed E-state index contributed by atoms with van der Waals surface area (Å²) in [7, 11) is 0. The van der Waals surface area contributed by atoms with Crippen LogP contribution in [0.2, 0.25) is 0 Å². The van der Waals surface area contributed by atoms with Gasteiger partial charge in [0.05, 0.1) is 18.6 Å². The zero-order valence-corrected chi connectivity index (χ0v) is 10.8. The fourth-order valence-corrected chi connectivity index (χ4v) is 2.74. The number of ether oxygens (including phenoxy) is 1. The summed E-state index contributed by atoms with van der Waals surface area (Å²) in [6.45, 7) is 6.34. The second kappa shape index (κ2) is 6.22. The first kappa shape index (κ1) is 12.7. The smallest absolute Gasteiger partial charge is 0.0950 e. The van der Waals surface area contributed by atoms with E-state index in [1.807, 2.05) is 6.26 Å². The first-order valence-electron chi connectivity index (χ1n) is 6.73. The standard InChI is InChI=1S/C14H23NO2/c1-3-7-15-14(11-5-8-16-10-11)12-6-9-17-13(12)4-2/h5,8,10,12-15H,3-4,6-7,9H2,1-2H3. The third kappa shape index (κ3) is 2.90. The molecule has 0 aromatic carbocycles. The molecule has 2 rings (SSSR count). The molecule has 0 amide bonds. The van der Waals surface area contributed by atoms with Crippen LogP contribution in [0.15, 0.2) is 23.0 Å². The van der Waals surface area contributed by atoms with Crippen molar-refractivity contribution in [2.24, 2.45) is 5.92 Å². The maximum absolute atomic E-state index is 5.80. The fourth-order valence-electron chi connectivity index (χ4n) is 2.74. The zero-order chi connectivity index (χ0) is 12.1. The molecule has 3 heteroatoms. The maximum atomic E-state index is 5.80. The first-order chi connectivity index (χ1) is 8.36. The third-order valence-corrected chi connectivity index (χ3v) is 3.61. The van der Waals surface area contributed by atoms with E-state index >= 15 is 0 Å². The lowest BCUT2D eigenvalue weighted by Gasteiger charge is -2.27. The minimum atomic E-state index is 0.376. The summed E-state index contributed by atoms with van der Waals surface area (Å²) < 4.78 is 11.0. The van der Waals surface area contributed by atoms with Gasteiger partial charge in [0.1, 0.15) is 0 Å². The molecule has 17 heavy (non-hydrogen) atoms. The number of nitrogens with one attached hydrogen (secondary N) is 1. The van der Waals surface area contributed by atoms with Crippen molar-refractivity contribution in [2.75, 3.05) is 13.2 Å². The van der Waals surface area contributed by atoms with Crippen molar-refractivity contribution < 1.29 is 9.15 Å². The Morgan fingerprint density at radius 1 is 1.47 bits per heavy atom. The maximum Gasteiger partial charge on any atom is 0.0950 e. The van der Waals surface area contributed by atoms with Gasteiger partial charge >= 0.3 is 0 Å². The van der Waals surface area contributed by atoms with E-state index in [-0.39, 0.29) is 0 Å². The van der Waals surface area contributed by atoms with Gasteiger partial charge in [-0.15, -0.1) is 0 Å². The predicted octanol–water partition coefficient (Wildman–Crippen LogP) is 3.14. The molecule has 2 heterocycles. The summed E-state index contributed by atoms with van der Waals surface area (Å²) in [5.74, 6) is 0.573. The molecule has 1 aromatic rings. The van der Waals surface area contributed by atoms with Crippen LogP contribution in [0.5, 0.6) is 0 Å². The minimum absolute atomic E-state index is 0.376. The van der Waals surface area contributed by atoms with Crippen LogP contribution < -0.4 is 5.32 Å². The molecule has 3 unspecified atom stereocenters. The summed E-state index contributed by atoms with van der Waals surface area (Å²) in [6.07, 6.45) is 7.39. The molecular weight excluding hydrogens is 214 g/mol. The summed E-state index contributed by atoms with van der Waals surface area (Å²) in [4.78, 5) is 0. The van der Waals surface area contributed by atoms with Crippen molar-refractivity contribution in [3.8, 4) is 0 Å². The topological polar surface area (TPSA) is 34.4 Å². The highest BCUT2D eigenvalue weighted by molar-refractivity contribution is 5.14. The predicted molar refractivity (Wildman–Crippen MR) is 67.9 cm³/mol. The summed E-state index contributed by atoms with van der Waals surface area (Å²) in [5, 5.41) is 3.64. The Morgan fingerprint density at radius 2 is 2.35 bits per heavy atom. The fraction of sp³-hybridized carbons (Fsp3) is 0.714. The van der Waals surface area contributed by atoms with Gasteiger partial charge in [-0.25, -0.2) is 0 Å². The Kier molecular flexibility index (Phi) is 4.63. The SMILES string of the molecule is CCCNC(c1ccoc1)C1CCOC1CC. The number of rotatable bonds is 6. The van der Waals surface area contributed by atoms with Crippen LogP contribution in [0.1, 0.15) is 44.7 Å². The Labute approximate surface area is 104 Å². The highest BCUT2D eigenvalue weighted by Crippen LogP contribution is 2.35. The van der Waals surface area contributed by atoms with E-state index < -0.39 is 0 Å². The van der Waals surface area contributed by atoms with Crippen LogP contribution >= 0.6 is 0 Å². The van der Waals surface area contributed by atoms with Gasteiger partial charge < -0.3 is 14.5 Å². The lowest BCUT2D eigenvalue weighted by atomic mass is 9.87. The van der Waals surface area contributed by atoms with E-state index in [1.165, 1.54) is 5.56 Å². The van der Waals surface area contributed by atoms with Gasteiger partial charge in [-0.2, -0.15) is 0 Å². The van der Waals surface area contributed by atoms with E-state index in [1.54, 1.807) is 6.26 Å². The molecule has 0 spiro atoms. The lowest BCUT2D eigenvalue weighted by Crippen LogP contribution is -2.33. The van der Waals surface area contributed by atoms with Gasteiger partial charge in [0.15, 0.2) is 0 Å². The monoisotopic (exact) mass is 237 g/mol. The molecule has 1 fully saturated rings. The molecule has 0 radical (unpaired) electrons. The number of hydrogen-bond acceptors (Lipinski definition) is 3. The molecule has 1 N–H and O–H groups in total. The van der Waals surface area contributed by atoms with Gasteiger partial charge in [-0.05, 0) is 31.9 Å². The molecule has 1 saturated heterocycles. The molecule has 0 aliphatic carbocycles. The van der Waals surface area contributed by atoms with Crippen LogP contribution in [0.4, 0.5) is 0 Å². The second-order valence-electron chi connectivity index (χ2n) is 4.76. The molecule has 3 atom stereocenters. The van der Waals surface area contributed by atoms with Crippen molar-refractivity contribution in [3.63, 3.8) is 0 Å². The second-order valence-corrected chi connectivity index (χ2v) is 4.76. The lowest BCUT2D eigenvalue weighted by molar-refractivity contribution is 0.0773. The molecule has 3 nitrogen and oxygen atoms in total. The molecule has 0 bridgehead atoms. The van der Waals surface area contributed by atoms with Gasteiger partial charge in [0.25, 0.3) is 0 Å². The van der Waals surface area contributed by atoms with Crippen LogP contribution in [0, 0.1) is 5.92 Å². The van der Waals surface area contributed by atoms with E-state index in [9.17, 15) is 0 Å². The third-order valence-electron chi connectivity index (χ3n) is 3.61. The van der Waals surface area contributed by atoms with Crippen LogP contribution in [-0.2, 0) is 4.74 Å². The van der Waals surface area contributed by atoms with Crippen molar-refractivity contribution >= 4 is 0 Å². The van der Waals surface area contributed by atoms with E-state index in [2.05, 4.69) is 25.2 Å². The quantitative estimate of drug-likeness (QED) is 0.825. The van der Waals surface area contributed by atoms with Gasteiger partial charge in [0.2, 0.25) is 0 Å². The van der Waals surface area contributed by atoms with Crippen LogP contribution in [0.3, 0.4) is 0 Å². The Balaban J connectivity index is 2.09. The summed E-state index contributed by atoms with van der Waals surface area (Å²) >= 11 is 0. The van der Waals surface area contributed by atoms with Gasteiger partial charge in [-0.1, -0.05) is 13.8 Å². The molecule has 96 valence electrons. The number of hydrogen-bond donors (Lipinski definition) is 1. The van der Waals surface area contributed by atoms with Crippen molar-refractivity contribution in [2.45, 2.75) is 45.3 Å². The van der Waals surface area contributed by atoms with E-state index in [0.717, 1.165) is 32.4 Å². The zero-order valence-electron chi connectivity index (χ0n) is 10.8. The van der Waals surface area contributed by atoms with Crippen LogP contribution in [-0.4, -0.2) is 19.3 Å². The Hall–Kier alpha value is -0.800. The highest BCUT2D eigenvalue weighted by atomic mass is 16.5. The molecule has 1 aliphatic heterocycles. The largest absolute Gasteiger partial charge is 0.472 e. The average molecular weight is 237 g/mol. The summed E-state index contributed by atoms with van der Waals surface area (Å²) in [5.41, 5.74) is 1.26. The number of furan rings is 1. The normalized spacial score (nSPS) is 26.2. The van der Waals surface area contributed by atoms with Crippen molar-refractivity contribution in [1.29, 1.82) is 0 Å². The minimum Gasteiger partial charge on any atom is -0.472 e. The van der Waals surface area contributed by atoms with Crippen LogP contribution in [0.25, 0.3) is 0 Å². The van der Waals surface area contributed by atoms with Crippen molar-refractivity contribution in [1.82, 2.24) is 5.32 Å². The van der Waals surface area contributed by atoms with E-state index in [4.69, 9.17) is 9.15 Å². The van der Waals surface area contributed by atoms with Crippen molar-refractivity contribution in [3.05, 3.63) is 24.2 Å². The average Bonchev–Trinajstić information content (AvgIpc) is 3.00. The molecular formula is C14H23NO2. The first-order valence-corrected chi connectivity index (χ1v) is 6.73. The Morgan fingerprint density at radius 3 is 3.00 bits per heavy atom. The highest BCUT2D eigenvalue weighted by Gasteiger charge is 2.34. The van der Waals surface area contributed by atoms with Gasteiger partial charge in [0, 0.05) is 24.1 Å². The molecule has 0 saturated carbocycles. The van der Waals surface area contributed by atoms with E-state index in [0.29, 0.717) is 18.1 Å². The summed E-state index contributed by atoms with van der Waals surface area (Å²) in [6, 6.07) is 2.44. The Bertz CT molecular complexity index is 310. The molecule has 1 aromatic heterocycles. The molecule has 1 aliphatic rings.